The maximum Gasteiger partial charge on any atom is 0.277 e. The zero-order valence-corrected chi connectivity index (χ0v) is 8.93. The van der Waals surface area contributed by atoms with E-state index in [9.17, 15) is 10.0 Å². The van der Waals surface area contributed by atoms with E-state index in [4.69, 9.17) is 4.74 Å². The van der Waals surface area contributed by atoms with E-state index >= 15 is 0 Å². The van der Waals surface area contributed by atoms with E-state index in [1.165, 1.54) is 12.5 Å². The van der Waals surface area contributed by atoms with Crippen molar-refractivity contribution in [1.29, 1.82) is 0 Å². The summed E-state index contributed by atoms with van der Waals surface area (Å²) in [6, 6.07) is 0. The Bertz CT molecular complexity index is 544. The van der Waals surface area contributed by atoms with Crippen LogP contribution in [0.15, 0.2) is 17.3 Å². The fourth-order valence-corrected chi connectivity index (χ4v) is 1.44. The number of hydrogen-bond acceptors (Lipinski definition) is 4. The SMILES string of the molecule is CCCCOc1c[nH]c(=O)c2c1ncn2O. The first kappa shape index (κ1) is 10.5. The number of imidazole rings is 1. The van der Waals surface area contributed by atoms with Gasteiger partial charge < -0.3 is 14.9 Å². The summed E-state index contributed by atoms with van der Waals surface area (Å²) in [7, 11) is 0. The molecule has 2 heterocycles. The topological polar surface area (TPSA) is 80.1 Å². The molecule has 0 aliphatic rings. The fraction of sp³-hybridized carbons (Fsp3) is 0.400. The lowest BCUT2D eigenvalue weighted by molar-refractivity contribution is 0.197. The molecule has 0 aliphatic heterocycles. The molecule has 6 heteroatoms. The highest BCUT2D eigenvalue weighted by Gasteiger charge is 2.11. The summed E-state index contributed by atoms with van der Waals surface area (Å²) >= 11 is 0. The Morgan fingerprint density at radius 1 is 1.62 bits per heavy atom. The van der Waals surface area contributed by atoms with Crippen molar-refractivity contribution in [2.24, 2.45) is 0 Å². The number of pyridine rings is 1. The van der Waals surface area contributed by atoms with Crippen molar-refractivity contribution in [3.05, 3.63) is 22.9 Å². The highest BCUT2D eigenvalue weighted by Crippen LogP contribution is 2.19. The number of nitrogens with one attached hydrogen (secondary N) is 1. The Morgan fingerprint density at radius 2 is 2.44 bits per heavy atom. The summed E-state index contributed by atoms with van der Waals surface area (Å²) in [5.41, 5.74) is 0.0918. The molecule has 0 fully saturated rings. The van der Waals surface area contributed by atoms with Gasteiger partial charge in [-0.2, -0.15) is 4.73 Å². The summed E-state index contributed by atoms with van der Waals surface area (Å²) in [5.74, 6) is 0.482. The van der Waals surface area contributed by atoms with Crippen LogP contribution >= 0.6 is 0 Å². The summed E-state index contributed by atoms with van der Waals surface area (Å²) in [4.78, 5) is 17.8. The smallest absolute Gasteiger partial charge is 0.277 e. The maximum absolute atomic E-state index is 11.4. The van der Waals surface area contributed by atoms with Crippen molar-refractivity contribution >= 4 is 11.0 Å². The van der Waals surface area contributed by atoms with E-state index in [1.807, 2.05) is 0 Å². The minimum absolute atomic E-state index is 0.106. The van der Waals surface area contributed by atoms with E-state index in [-0.39, 0.29) is 5.52 Å². The van der Waals surface area contributed by atoms with Crippen LogP contribution in [0.1, 0.15) is 19.8 Å². The largest absolute Gasteiger partial charge is 0.490 e. The number of hydrogen-bond donors (Lipinski definition) is 2. The molecule has 0 unspecified atom stereocenters. The van der Waals surface area contributed by atoms with Gasteiger partial charge in [-0.1, -0.05) is 13.3 Å². The highest BCUT2D eigenvalue weighted by atomic mass is 16.5. The normalized spacial score (nSPS) is 10.8. The Hall–Kier alpha value is -1.98. The number of fused-ring (bicyclic) bond motifs is 1. The average Bonchev–Trinajstić information content (AvgIpc) is 2.66. The lowest BCUT2D eigenvalue weighted by Gasteiger charge is -2.04. The standard InChI is InChI=1S/C10H13N3O3/c1-2-3-4-16-7-5-11-10(14)9-8(7)12-6-13(9)15/h5-6,15H,2-4H2,1H3,(H,11,14). The number of aromatic amines is 1. The van der Waals surface area contributed by atoms with Crippen LogP contribution in [-0.2, 0) is 0 Å². The van der Waals surface area contributed by atoms with Gasteiger partial charge in [0.1, 0.15) is 11.8 Å². The lowest BCUT2D eigenvalue weighted by Crippen LogP contribution is -2.10. The van der Waals surface area contributed by atoms with Gasteiger partial charge in [-0.05, 0) is 6.42 Å². The van der Waals surface area contributed by atoms with Crippen molar-refractivity contribution in [3.63, 3.8) is 0 Å². The summed E-state index contributed by atoms with van der Waals surface area (Å²) in [6.07, 6.45) is 4.60. The second-order valence-electron chi connectivity index (χ2n) is 3.47. The van der Waals surface area contributed by atoms with Crippen LogP contribution in [0.2, 0.25) is 0 Å². The predicted molar refractivity (Wildman–Crippen MR) is 57.9 cm³/mol. The molecule has 2 aromatic rings. The van der Waals surface area contributed by atoms with Gasteiger partial charge in [0.2, 0.25) is 0 Å². The van der Waals surface area contributed by atoms with Crippen molar-refractivity contribution < 1.29 is 9.94 Å². The third-order valence-electron chi connectivity index (χ3n) is 2.29. The number of aromatic nitrogens is 3. The van der Waals surface area contributed by atoms with Gasteiger partial charge in [-0.25, -0.2) is 4.98 Å². The van der Waals surface area contributed by atoms with Crippen molar-refractivity contribution in [2.45, 2.75) is 19.8 Å². The molecule has 0 radical (unpaired) electrons. The number of ether oxygens (including phenoxy) is 1. The molecule has 0 saturated heterocycles. The van der Waals surface area contributed by atoms with Crippen LogP contribution in [0.5, 0.6) is 5.75 Å². The first-order valence-corrected chi connectivity index (χ1v) is 5.14. The predicted octanol–water partition coefficient (Wildman–Crippen LogP) is 1.14. The number of nitrogens with zero attached hydrogens (tertiary/aromatic N) is 2. The van der Waals surface area contributed by atoms with Gasteiger partial charge in [0, 0.05) is 6.20 Å². The monoisotopic (exact) mass is 223 g/mol. The summed E-state index contributed by atoms with van der Waals surface area (Å²) in [6.45, 7) is 2.63. The molecule has 0 saturated carbocycles. The Morgan fingerprint density at radius 3 is 3.19 bits per heavy atom. The fourth-order valence-electron chi connectivity index (χ4n) is 1.44. The first-order valence-electron chi connectivity index (χ1n) is 5.14. The molecule has 0 aromatic carbocycles. The lowest BCUT2D eigenvalue weighted by atomic mass is 10.3. The summed E-state index contributed by atoms with van der Waals surface area (Å²) in [5, 5.41) is 9.37. The average molecular weight is 223 g/mol. The Kier molecular flexibility index (Phi) is 2.80. The van der Waals surface area contributed by atoms with Gasteiger partial charge in [0.05, 0.1) is 6.61 Å². The number of H-pyrrole nitrogens is 1. The second kappa shape index (κ2) is 4.26. The zero-order chi connectivity index (χ0) is 11.5. The molecular weight excluding hydrogens is 210 g/mol. The molecule has 0 amide bonds. The van der Waals surface area contributed by atoms with E-state index in [1.54, 1.807) is 0 Å². The van der Waals surface area contributed by atoms with E-state index < -0.39 is 5.56 Å². The van der Waals surface area contributed by atoms with Crippen LogP contribution in [0.3, 0.4) is 0 Å². The molecule has 2 rings (SSSR count). The van der Waals surface area contributed by atoms with E-state index in [2.05, 4.69) is 16.9 Å². The van der Waals surface area contributed by atoms with Gasteiger partial charge in [0.15, 0.2) is 11.3 Å². The van der Waals surface area contributed by atoms with Crippen molar-refractivity contribution in [2.75, 3.05) is 6.61 Å². The molecule has 2 N–H and O–H groups in total. The highest BCUT2D eigenvalue weighted by molar-refractivity contribution is 5.80. The quantitative estimate of drug-likeness (QED) is 0.601. The molecule has 16 heavy (non-hydrogen) atoms. The Balaban J connectivity index is 2.39. The summed E-state index contributed by atoms with van der Waals surface area (Å²) < 4.78 is 6.17. The molecular formula is C10H13N3O3. The molecule has 0 aliphatic carbocycles. The molecule has 2 aromatic heterocycles. The molecule has 6 nitrogen and oxygen atoms in total. The minimum Gasteiger partial charge on any atom is -0.490 e. The van der Waals surface area contributed by atoms with Crippen LogP contribution in [0.25, 0.3) is 11.0 Å². The van der Waals surface area contributed by atoms with Gasteiger partial charge in [-0.15, -0.1) is 0 Å². The second-order valence-corrected chi connectivity index (χ2v) is 3.47. The van der Waals surface area contributed by atoms with Gasteiger partial charge in [-0.3, -0.25) is 4.79 Å². The van der Waals surface area contributed by atoms with Crippen molar-refractivity contribution in [1.82, 2.24) is 14.7 Å². The molecule has 0 bridgehead atoms. The van der Waals surface area contributed by atoms with Gasteiger partial charge >= 0.3 is 0 Å². The molecule has 0 spiro atoms. The third kappa shape index (κ3) is 1.73. The van der Waals surface area contributed by atoms with Crippen molar-refractivity contribution in [3.8, 4) is 5.75 Å². The van der Waals surface area contributed by atoms with Crippen LogP contribution in [0.4, 0.5) is 0 Å². The number of unbranched alkanes of at least 4 members (excludes halogenated alkanes) is 1. The van der Waals surface area contributed by atoms with E-state index in [0.29, 0.717) is 22.6 Å². The Labute approximate surface area is 91.5 Å². The maximum atomic E-state index is 11.4. The van der Waals surface area contributed by atoms with Crippen LogP contribution < -0.4 is 10.3 Å². The molecule has 86 valence electrons. The zero-order valence-electron chi connectivity index (χ0n) is 8.93. The molecule has 0 atom stereocenters. The third-order valence-corrected chi connectivity index (χ3v) is 2.29. The van der Waals surface area contributed by atoms with E-state index in [0.717, 1.165) is 12.8 Å². The van der Waals surface area contributed by atoms with Crippen LogP contribution in [0, 0.1) is 0 Å². The van der Waals surface area contributed by atoms with Crippen LogP contribution in [-0.4, -0.2) is 26.5 Å². The van der Waals surface area contributed by atoms with Gasteiger partial charge in [0.25, 0.3) is 5.56 Å². The minimum atomic E-state index is -0.391. The number of rotatable bonds is 4. The first-order chi connectivity index (χ1) is 7.74.